The molecule has 5 aliphatic rings. The molecule has 123 heavy (non-hydrogen) atoms. The van der Waals surface area contributed by atoms with Crippen molar-refractivity contribution in [2.45, 2.75) is 213 Å². The Hall–Kier alpha value is -9.79. The fourth-order valence-corrected chi connectivity index (χ4v) is 20.0. The van der Waals surface area contributed by atoms with Gasteiger partial charge in [-0.05, 0) is 172 Å². The van der Waals surface area contributed by atoms with Gasteiger partial charge in [-0.15, -0.1) is 0 Å². The Kier molecular flexibility index (Phi) is 37.5. The van der Waals surface area contributed by atoms with Gasteiger partial charge in [0.1, 0.15) is 42.3 Å². The van der Waals surface area contributed by atoms with Crippen molar-refractivity contribution in [3.8, 4) is 0 Å². The number of imidazole rings is 1. The molecule has 4 saturated carbocycles. The Morgan fingerprint density at radius 1 is 0.545 bits per heavy atom. The first-order chi connectivity index (χ1) is 58.3. The maximum Gasteiger partial charge on any atom is 0.317 e. The van der Waals surface area contributed by atoms with Gasteiger partial charge in [0.2, 0.25) is 70.9 Å². The van der Waals surface area contributed by atoms with E-state index in [0.29, 0.717) is 53.0 Å². The van der Waals surface area contributed by atoms with Crippen LogP contribution >= 0.6 is 11.8 Å². The summed E-state index contributed by atoms with van der Waals surface area (Å²) < 4.78 is 0. The first-order valence-electron chi connectivity index (χ1n) is 43.4. The highest BCUT2D eigenvalue weighted by atomic mass is 32.2. The van der Waals surface area contributed by atoms with Crippen LogP contribution in [-0.2, 0) is 84.8 Å². The standard InChI is InChI=1S/C85H133N19O18S/c1-49(2)36-65(81(120)97-63(77(87)116)24-35-123-9)98-82(121)67(39-56-41-88-48-92-56)96-71(108)43-91-83(122)76(50(3)4)100-78(117)52(6)93-80(119)66(37-53-40-89-62-13-11-10-12-57(53)62)99-79(118)64(19-20-68(86)105)95-69(106)21-14-51(5)59-17-18-60-58-16-15-54-38-55(22-25-84(54,7)61(58)23-26-85(59,60)8)94-70(107)42-90-72(109)44-101-27-29-102(45-73(110)111)31-33-104(47-75(114)115)34-32-103(30-28-101)46-74(112)113/h10-13,40-41,48-52,54-55,58-61,63-67,76,89H,14-39,42-47H2,1-9H3,(H2,86,105)(H2,87,116)(H,88,92)(H,90,109)(H,91,122)(H,93,119)(H,94,107)(H,95,106)(H,96,108)(H,97,120)(H,98,121)(H,99,118)(H,100,117)(H,110,111)(H,112,113)(H,114,115)/t51?,52-,54?,55-,58?,59+,60?,61?,63-,64-,65-,66-,67-,76-,84-,85+/m0/s1. The SMILES string of the molecule is CSCC[C@H](NC(=O)[C@H](CC(C)C)NC(=O)[C@H](Cc1cnc[nH]1)NC(=O)CNC(=O)[C@@H](NC(=O)[C@H](C)NC(=O)[C@H](Cc1c[nH]c2ccccc12)NC(=O)[C@H](CCC(N)=O)NC(=O)CCC(C)[C@H]1CCC2C3CCC4C[C@@H](NC(=O)CNC(=O)CN5CCN(CC(=O)O)CCN(CC(=O)O)CCN(CC(=O)O)CC5)CC[C@]4(C)C3CC[C@@]21C)C(C)C)C(N)=O. The molecule has 1 aliphatic heterocycles. The first kappa shape index (κ1) is 98.6. The van der Waals surface area contributed by atoms with Gasteiger partial charge in [0, 0.05) is 113 Å². The number of carbonyl (C=O) groups is 15. The summed E-state index contributed by atoms with van der Waals surface area (Å²) in [7, 11) is 0. The van der Waals surface area contributed by atoms with Crippen LogP contribution in [0.5, 0.6) is 0 Å². The lowest BCUT2D eigenvalue weighted by molar-refractivity contribution is -0.140. The minimum atomic E-state index is -1.37. The summed E-state index contributed by atoms with van der Waals surface area (Å²) in [4.78, 5) is 217. The summed E-state index contributed by atoms with van der Waals surface area (Å²) in [6.45, 7) is 15.6. The molecule has 682 valence electrons. The Labute approximate surface area is 723 Å². The van der Waals surface area contributed by atoms with E-state index in [1.54, 1.807) is 34.7 Å². The van der Waals surface area contributed by atoms with E-state index in [1.807, 2.05) is 49.3 Å². The zero-order chi connectivity index (χ0) is 90.0. The number of hydrogen-bond acceptors (Lipinski definition) is 21. The summed E-state index contributed by atoms with van der Waals surface area (Å²) in [5, 5.41) is 57.1. The van der Waals surface area contributed by atoms with Crippen LogP contribution in [0.15, 0.2) is 43.0 Å². The van der Waals surface area contributed by atoms with Crippen LogP contribution in [-0.4, -0.2) is 291 Å². The van der Waals surface area contributed by atoms with E-state index in [0.717, 1.165) is 68.7 Å². The number of aromatic amines is 2. The average Bonchev–Trinajstić information content (AvgIpc) is 1.55. The molecule has 16 atom stereocenters. The van der Waals surface area contributed by atoms with Crippen LogP contribution < -0.4 is 64.6 Å². The Morgan fingerprint density at radius 3 is 1.70 bits per heavy atom. The number of aromatic nitrogens is 3. The second-order valence-electron chi connectivity index (χ2n) is 35.8. The number of nitrogens with one attached hydrogen (secondary N) is 12. The zero-order valence-corrected chi connectivity index (χ0v) is 73.5. The first-order valence-corrected chi connectivity index (χ1v) is 44.8. The fourth-order valence-electron chi connectivity index (χ4n) is 19.6. The Bertz CT molecular complexity index is 4120. The van der Waals surface area contributed by atoms with Crippen molar-refractivity contribution in [3.05, 3.63) is 54.2 Å². The fraction of sp³-hybridized carbons (Fsp3) is 0.694. The number of fused-ring (bicyclic) bond motifs is 6. The predicted octanol–water partition coefficient (Wildman–Crippen LogP) is 0.564. The minimum Gasteiger partial charge on any atom is -0.480 e. The number of benzene rings is 1. The number of hydrogen-bond donors (Lipinski definition) is 17. The highest BCUT2D eigenvalue weighted by Gasteiger charge is 2.61. The number of primary amides is 2. The molecule has 4 aliphatic carbocycles. The summed E-state index contributed by atoms with van der Waals surface area (Å²) in [5.41, 5.74) is 13.2. The second-order valence-corrected chi connectivity index (χ2v) is 36.8. The molecule has 38 heteroatoms. The maximum atomic E-state index is 14.7. The topological polar surface area (TPSA) is 547 Å². The number of amides is 12. The monoisotopic (exact) mass is 1740 g/mol. The van der Waals surface area contributed by atoms with Crippen LogP contribution in [0.1, 0.15) is 163 Å². The number of nitrogens with zero attached hydrogens (tertiary/aromatic N) is 5. The van der Waals surface area contributed by atoms with Gasteiger partial charge in [-0.3, -0.25) is 91.5 Å². The molecule has 8 rings (SSSR count). The molecule has 0 bridgehead atoms. The maximum absolute atomic E-state index is 14.7. The minimum absolute atomic E-state index is 0.0237. The van der Waals surface area contributed by atoms with Crippen molar-refractivity contribution in [3.63, 3.8) is 0 Å². The number of carboxylic acids is 3. The second kappa shape index (κ2) is 46.8. The third-order valence-corrected chi connectivity index (χ3v) is 26.8. The molecule has 3 heterocycles. The van der Waals surface area contributed by atoms with E-state index in [1.165, 1.54) is 31.2 Å². The lowest BCUT2D eigenvalue weighted by Gasteiger charge is -2.61. The van der Waals surface area contributed by atoms with E-state index in [9.17, 15) is 87.2 Å². The molecular weight excluding hydrogens is 1610 g/mol. The largest absolute Gasteiger partial charge is 0.480 e. The van der Waals surface area contributed by atoms with Crippen LogP contribution in [0.3, 0.4) is 0 Å². The molecule has 0 radical (unpaired) electrons. The van der Waals surface area contributed by atoms with Gasteiger partial charge in [-0.2, -0.15) is 11.8 Å². The molecular formula is C85H133N19O18S. The Balaban J connectivity index is 0.827. The number of para-hydroxylation sites is 1. The zero-order valence-electron chi connectivity index (χ0n) is 72.7. The number of carbonyl (C=O) groups excluding carboxylic acids is 12. The molecule has 1 saturated heterocycles. The molecule has 5 unspecified atom stereocenters. The van der Waals surface area contributed by atoms with Crippen molar-refractivity contribution in [1.82, 2.24) is 87.7 Å². The number of H-pyrrole nitrogens is 2. The summed E-state index contributed by atoms with van der Waals surface area (Å²) >= 11 is 1.46. The third-order valence-electron chi connectivity index (χ3n) is 26.2. The van der Waals surface area contributed by atoms with Gasteiger partial charge >= 0.3 is 17.9 Å². The summed E-state index contributed by atoms with van der Waals surface area (Å²) in [5.74, 6) is -8.91. The van der Waals surface area contributed by atoms with Crippen molar-refractivity contribution in [1.29, 1.82) is 0 Å². The van der Waals surface area contributed by atoms with E-state index in [4.69, 9.17) is 11.5 Å². The normalized spacial score (nSPS) is 23.6. The smallest absolute Gasteiger partial charge is 0.317 e. The van der Waals surface area contributed by atoms with Crippen LogP contribution in [0.25, 0.3) is 10.9 Å². The Morgan fingerprint density at radius 2 is 1.11 bits per heavy atom. The molecule has 37 nitrogen and oxygen atoms in total. The molecule has 1 aromatic carbocycles. The quantitative estimate of drug-likeness (QED) is 0.0368. The number of carboxylic acid groups (broad SMARTS) is 3. The molecule has 19 N–H and O–H groups in total. The van der Waals surface area contributed by atoms with Crippen molar-refractivity contribution in [2.75, 3.05) is 104 Å². The molecule has 5 fully saturated rings. The van der Waals surface area contributed by atoms with Gasteiger partial charge in [0.15, 0.2) is 0 Å². The number of nitrogens with two attached hydrogens (primary N) is 2. The highest BCUT2D eigenvalue weighted by molar-refractivity contribution is 7.98. The third kappa shape index (κ3) is 29.4. The van der Waals surface area contributed by atoms with Crippen molar-refractivity contribution >= 4 is 111 Å². The van der Waals surface area contributed by atoms with Gasteiger partial charge in [-0.25, -0.2) is 4.98 Å². The molecule has 3 aromatic rings. The molecule has 2 aromatic heterocycles. The van der Waals surface area contributed by atoms with E-state index >= 15 is 0 Å². The van der Waals surface area contributed by atoms with Crippen LogP contribution in [0.2, 0.25) is 0 Å². The number of thioether (sulfide) groups is 1. The van der Waals surface area contributed by atoms with Crippen LogP contribution in [0, 0.1) is 58.2 Å². The molecule has 12 amide bonds. The van der Waals surface area contributed by atoms with Gasteiger partial charge in [0.25, 0.3) is 0 Å². The van der Waals surface area contributed by atoms with Gasteiger partial charge in [-0.1, -0.05) is 66.7 Å². The van der Waals surface area contributed by atoms with E-state index in [2.05, 4.69) is 88.9 Å². The highest BCUT2D eigenvalue weighted by Crippen LogP contribution is 2.68. The van der Waals surface area contributed by atoms with Crippen molar-refractivity contribution in [2.24, 2.45) is 69.6 Å². The molecule has 0 spiro atoms. The summed E-state index contributed by atoms with van der Waals surface area (Å²) in [6.07, 6.45) is 15.6. The lowest BCUT2D eigenvalue weighted by atomic mass is 9.44. The number of rotatable bonds is 44. The predicted molar refractivity (Wildman–Crippen MR) is 459 cm³/mol. The van der Waals surface area contributed by atoms with Gasteiger partial charge < -0.3 is 89.9 Å². The average molecular weight is 1740 g/mol. The summed E-state index contributed by atoms with van der Waals surface area (Å²) in [6, 6.07) is -1.43. The number of aliphatic carboxylic acids is 3. The van der Waals surface area contributed by atoms with Gasteiger partial charge in [0.05, 0.1) is 45.6 Å². The van der Waals surface area contributed by atoms with E-state index in [-0.39, 0.29) is 165 Å². The van der Waals surface area contributed by atoms with E-state index < -0.39 is 138 Å². The lowest BCUT2D eigenvalue weighted by Crippen LogP contribution is -2.59. The van der Waals surface area contributed by atoms with Crippen LogP contribution in [0.4, 0.5) is 0 Å². The van der Waals surface area contributed by atoms with Crippen molar-refractivity contribution < 1.29 is 87.2 Å².